The molecular weight excluding hydrogens is 371 g/mol. The van der Waals surface area contributed by atoms with Crippen LogP contribution in [-0.4, -0.2) is 30.2 Å². The van der Waals surface area contributed by atoms with E-state index >= 15 is 0 Å². The van der Waals surface area contributed by atoms with E-state index in [9.17, 15) is 22.8 Å². The minimum absolute atomic E-state index is 0.0269. The average molecular weight is 393 g/mol. The van der Waals surface area contributed by atoms with E-state index in [1.165, 1.54) is 17.9 Å². The van der Waals surface area contributed by atoms with Crippen LogP contribution in [0.3, 0.4) is 0 Å². The molecule has 0 atom stereocenters. The van der Waals surface area contributed by atoms with Crippen molar-refractivity contribution in [2.45, 2.75) is 32.5 Å². The maximum absolute atomic E-state index is 12.8. The van der Waals surface area contributed by atoms with Gasteiger partial charge < -0.3 is 9.64 Å². The van der Waals surface area contributed by atoms with E-state index in [2.05, 4.69) is 0 Å². The highest BCUT2D eigenvalue weighted by Crippen LogP contribution is 2.29. The standard InChI is InChI=1S/C21H22F3NO3/c1-15(26)17-8-10-19(11-9-17)28-12-4-7-20(27)25(2)14-16-5-3-6-18(13-16)21(22,23)24/h3,5-6,8-11,13H,4,7,12,14H2,1-2H3. The molecule has 150 valence electrons. The molecule has 0 aliphatic heterocycles. The Morgan fingerprint density at radius 1 is 1.07 bits per heavy atom. The number of ether oxygens (including phenoxy) is 1. The van der Waals surface area contributed by atoms with E-state index in [1.807, 2.05) is 0 Å². The Kier molecular flexibility index (Phi) is 7.20. The van der Waals surface area contributed by atoms with Gasteiger partial charge in [0.1, 0.15) is 5.75 Å². The first kappa shape index (κ1) is 21.5. The summed E-state index contributed by atoms with van der Waals surface area (Å²) in [5.74, 6) is 0.406. The van der Waals surface area contributed by atoms with Crippen LogP contribution in [0.25, 0.3) is 0 Å². The highest BCUT2D eigenvalue weighted by atomic mass is 19.4. The summed E-state index contributed by atoms with van der Waals surface area (Å²) in [6.45, 7) is 1.91. The first-order chi connectivity index (χ1) is 13.2. The summed E-state index contributed by atoms with van der Waals surface area (Å²) in [7, 11) is 1.56. The van der Waals surface area contributed by atoms with Crippen LogP contribution in [0, 0.1) is 0 Å². The van der Waals surface area contributed by atoms with Gasteiger partial charge in [-0.1, -0.05) is 12.1 Å². The minimum Gasteiger partial charge on any atom is -0.494 e. The lowest BCUT2D eigenvalue weighted by Crippen LogP contribution is -2.26. The molecule has 0 bridgehead atoms. The zero-order valence-corrected chi connectivity index (χ0v) is 15.8. The summed E-state index contributed by atoms with van der Waals surface area (Å²) in [6, 6.07) is 11.7. The van der Waals surface area contributed by atoms with Crippen molar-refractivity contribution >= 4 is 11.7 Å². The largest absolute Gasteiger partial charge is 0.494 e. The molecule has 0 saturated carbocycles. The monoisotopic (exact) mass is 393 g/mol. The van der Waals surface area contributed by atoms with Crippen LogP contribution >= 0.6 is 0 Å². The lowest BCUT2D eigenvalue weighted by molar-refractivity contribution is -0.137. The van der Waals surface area contributed by atoms with Crippen molar-refractivity contribution in [3.8, 4) is 5.75 Å². The minimum atomic E-state index is -4.40. The van der Waals surface area contributed by atoms with Gasteiger partial charge in [-0.25, -0.2) is 0 Å². The fraction of sp³-hybridized carbons (Fsp3) is 0.333. The van der Waals surface area contributed by atoms with Crippen LogP contribution < -0.4 is 4.74 Å². The molecule has 4 nitrogen and oxygen atoms in total. The Hall–Kier alpha value is -2.83. The van der Waals surface area contributed by atoms with Gasteiger partial charge in [0.2, 0.25) is 5.91 Å². The van der Waals surface area contributed by atoms with Gasteiger partial charge in [0.05, 0.1) is 12.2 Å². The Bertz CT molecular complexity index is 816. The third-order valence-electron chi connectivity index (χ3n) is 4.16. The second-order valence-corrected chi connectivity index (χ2v) is 6.48. The molecule has 2 aromatic carbocycles. The van der Waals surface area contributed by atoms with Crippen molar-refractivity contribution in [2.24, 2.45) is 0 Å². The molecule has 0 aromatic heterocycles. The summed E-state index contributed by atoms with van der Waals surface area (Å²) >= 11 is 0. The normalized spacial score (nSPS) is 11.2. The second kappa shape index (κ2) is 9.39. The lowest BCUT2D eigenvalue weighted by atomic mass is 10.1. The Morgan fingerprint density at radius 2 is 1.75 bits per heavy atom. The van der Waals surface area contributed by atoms with Gasteiger partial charge in [-0.05, 0) is 55.3 Å². The van der Waals surface area contributed by atoms with Gasteiger partial charge in [0.25, 0.3) is 0 Å². The SMILES string of the molecule is CC(=O)c1ccc(OCCCC(=O)N(C)Cc2cccc(C(F)(F)F)c2)cc1. The number of halogens is 3. The molecular formula is C21H22F3NO3. The second-order valence-electron chi connectivity index (χ2n) is 6.48. The molecule has 2 rings (SSSR count). The van der Waals surface area contributed by atoms with Crippen molar-refractivity contribution in [1.82, 2.24) is 4.90 Å². The smallest absolute Gasteiger partial charge is 0.416 e. The molecule has 0 saturated heterocycles. The number of carbonyl (C=O) groups excluding carboxylic acids is 2. The lowest BCUT2D eigenvalue weighted by Gasteiger charge is -2.18. The fourth-order valence-electron chi connectivity index (χ4n) is 2.60. The van der Waals surface area contributed by atoms with E-state index in [0.717, 1.165) is 12.1 Å². The van der Waals surface area contributed by atoms with Gasteiger partial charge in [-0.2, -0.15) is 13.2 Å². The van der Waals surface area contributed by atoms with Crippen molar-refractivity contribution in [1.29, 1.82) is 0 Å². The van der Waals surface area contributed by atoms with Crippen LogP contribution in [0.4, 0.5) is 13.2 Å². The summed E-state index contributed by atoms with van der Waals surface area (Å²) in [5, 5.41) is 0. The Labute approximate surface area is 161 Å². The van der Waals surface area contributed by atoms with Crippen LogP contribution in [-0.2, 0) is 17.5 Å². The number of amides is 1. The zero-order chi connectivity index (χ0) is 20.7. The van der Waals surface area contributed by atoms with Crippen molar-refractivity contribution in [3.63, 3.8) is 0 Å². The molecule has 0 radical (unpaired) electrons. The summed E-state index contributed by atoms with van der Waals surface area (Å²) in [4.78, 5) is 24.8. The van der Waals surface area contributed by atoms with Gasteiger partial charge in [0, 0.05) is 25.6 Å². The van der Waals surface area contributed by atoms with Gasteiger partial charge >= 0.3 is 6.18 Å². The van der Waals surface area contributed by atoms with Crippen molar-refractivity contribution in [2.75, 3.05) is 13.7 Å². The van der Waals surface area contributed by atoms with Crippen molar-refractivity contribution in [3.05, 3.63) is 65.2 Å². The molecule has 0 aliphatic carbocycles. The molecule has 0 heterocycles. The number of rotatable bonds is 8. The number of alkyl halides is 3. The number of nitrogens with zero attached hydrogens (tertiary/aromatic N) is 1. The number of carbonyl (C=O) groups is 2. The van der Waals surface area contributed by atoms with Crippen LogP contribution in [0.1, 0.15) is 41.3 Å². The summed E-state index contributed by atoms with van der Waals surface area (Å²) < 4.78 is 43.8. The number of ketones is 1. The topological polar surface area (TPSA) is 46.6 Å². The number of Topliss-reactive ketones (excluding diaryl/α,β-unsaturated/α-hetero) is 1. The maximum atomic E-state index is 12.8. The first-order valence-electron chi connectivity index (χ1n) is 8.80. The van der Waals surface area contributed by atoms with Gasteiger partial charge in [0.15, 0.2) is 5.78 Å². The summed E-state index contributed by atoms with van der Waals surface area (Å²) in [5.41, 5.74) is 0.293. The molecule has 7 heteroatoms. The van der Waals surface area contributed by atoms with E-state index in [4.69, 9.17) is 4.74 Å². The molecule has 0 unspecified atom stereocenters. The average Bonchev–Trinajstić information content (AvgIpc) is 2.65. The third kappa shape index (κ3) is 6.40. The van der Waals surface area contributed by atoms with E-state index in [-0.39, 0.29) is 24.7 Å². The molecule has 0 N–H and O–H groups in total. The number of hydrogen-bond donors (Lipinski definition) is 0. The summed E-state index contributed by atoms with van der Waals surface area (Å²) in [6.07, 6.45) is -3.71. The van der Waals surface area contributed by atoms with Crippen LogP contribution in [0.2, 0.25) is 0 Å². The van der Waals surface area contributed by atoms with Crippen LogP contribution in [0.15, 0.2) is 48.5 Å². The van der Waals surface area contributed by atoms with E-state index in [0.29, 0.717) is 29.9 Å². The number of hydrogen-bond acceptors (Lipinski definition) is 3. The maximum Gasteiger partial charge on any atom is 0.416 e. The third-order valence-corrected chi connectivity index (χ3v) is 4.16. The van der Waals surface area contributed by atoms with Gasteiger partial charge in [-0.15, -0.1) is 0 Å². The highest BCUT2D eigenvalue weighted by molar-refractivity contribution is 5.94. The molecule has 0 spiro atoms. The molecule has 1 amide bonds. The Morgan fingerprint density at radius 3 is 2.36 bits per heavy atom. The zero-order valence-electron chi connectivity index (χ0n) is 15.8. The molecule has 28 heavy (non-hydrogen) atoms. The quantitative estimate of drug-likeness (QED) is 0.481. The van der Waals surface area contributed by atoms with Crippen LogP contribution in [0.5, 0.6) is 5.75 Å². The fourth-order valence-corrected chi connectivity index (χ4v) is 2.60. The van der Waals surface area contributed by atoms with E-state index < -0.39 is 11.7 Å². The van der Waals surface area contributed by atoms with Gasteiger partial charge in [-0.3, -0.25) is 9.59 Å². The van der Waals surface area contributed by atoms with E-state index in [1.54, 1.807) is 37.4 Å². The highest BCUT2D eigenvalue weighted by Gasteiger charge is 2.30. The first-order valence-corrected chi connectivity index (χ1v) is 8.80. The molecule has 0 aliphatic rings. The predicted molar refractivity (Wildman–Crippen MR) is 99.1 cm³/mol. The van der Waals surface area contributed by atoms with Crippen molar-refractivity contribution < 1.29 is 27.5 Å². The Balaban J connectivity index is 1.77. The number of benzene rings is 2. The molecule has 2 aromatic rings. The molecule has 0 fully saturated rings. The predicted octanol–water partition coefficient (Wildman–Crippen LogP) is 4.73.